The highest BCUT2D eigenvalue weighted by atomic mass is 16.5. The molecule has 30 heavy (non-hydrogen) atoms. The van der Waals surface area contributed by atoms with Gasteiger partial charge in [-0.05, 0) is 41.7 Å². The number of fused-ring (bicyclic) bond motifs is 4. The summed E-state index contributed by atoms with van der Waals surface area (Å²) in [6.45, 7) is 3.31. The molecule has 2 aliphatic heterocycles. The second kappa shape index (κ2) is 8.38. The van der Waals surface area contributed by atoms with Gasteiger partial charge in [-0.15, -0.1) is 0 Å². The van der Waals surface area contributed by atoms with Gasteiger partial charge in [0.2, 0.25) is 5.91 Å². The van der Waals surface area contributed by atoms with E-state index in [0.29, 0.717) is 35.7 Å². The minimum atomic E-state index is -0.504. The summed E-state index contributed by atoms with van der Waals surface area (Å²) < 4.78 is 10.9. The number of benzene rings is 2. The molecule has 2 atom stereocenters. The van der Waals surface area contributed by atoms with E-state index in [1.807, 2.05) is 23.1 Å². The molecule has 0 unspecified atom stereocenters. The van der Waals surface area contributed by atoms with Gasteiger partial charge >= 0.3 is 0 Å². The van der Waals surface area contributed by atoms with Gasteiger partial charge < -0.3 is 19.7 Å². The Morgan fingerprint density at radius 1 is 1.13 bits per heavy atom. The van der Waals surface area contributed by atoms with Crippen LogP contribution in [0, 0.1) is 0 Å². The third kappa shape index (κ3) is 3.30. The van der Waals surface area contributed by atoms with Gasteiger partial charge in [0.1, 0.15) is 0 Å². The molecule has 2 aromatic rings. The molecule has 0 saturated carbocycles. The predicted molar refractivity (Wildman–Crippen MR) is 114 cm³/mol. The monoisotopic (exact) mass is 408 g/mol. The van der Waals surface area contributed by atoms with Crippen molar-refractivity contribution in [3.8, 4) is 11.5 Å². The standard InChI is InChI=1S/C24H28N2O4/c1-4-5-11-25-23(27)21-17-13-19(29-2)20(30-3)14-18(17)24(28)26-12-10-15-8-6-7-9-16(15)22(21)26/h6-9,13-14,21-22H,4-5,10-12H2,1-3H3,(H,25,27)/t21-,22+/m1/s1. The van der Waals surface area contributed by atoms with E-state index in [1.165, 1.54) is 5.56 Å². The maximum atomic E-state index is 13.5. The van der Waals surface area contributed by atoms with Crippen LogP contribution < -0.4 is 14.8 Å². The van der Waals surface area contributed by atoms with Gasteiger partial charge in [0, 0.05) is 18.7 Å². The van der Waals surface area contributed by atoms with Crippen molar-refractivity contribution >= 4 is 11.8 Å². The van der Waals surface area contributed by atoms with Gasteiger partial charge in [-0.3, -0.25) is 9.59 Å². The number of methoxy groups -OCH3 is 2. The first-order valence-corrected chi connectivity index (χ1v) is 10.5. The fourth-order valence-corrected chi connectivity index (χ4v) is 4.63. The minimum Gasteiger partial charge on any atom is -0.493 e. The van der Waals surface area contributed by atoms with Crippen LogP contribution in [0.3, 0.4) is 0 Å². The lowest BCUT2D eigenvalue weighted by molar-refractivity contribution is -0.124. The minimum absolute atomic E-state index is 0.0591. The fraction of sp³-hybridized carbons (Fsp3) is 0.417. The third-order valence-electron chi connectivity index (χ3n) is 6.14. The van der Waals surface area contributed by atoms with Crippen molar-refractivity contribution in [2.75, 3.05) is 27.3 Å². The number of unbranched alkanes of at least 4 members (excludes halogenated alkanes) is 1. The Morgan fingerprint density at radius 2 is 1.87 bits per heavy atom. The molecule has 158 valence electrons. The largest absolute Gasteiger partial charge is 0.493 e. The lowest BCUT2D eigenvalue weighted by Crippen LogP contribution is -2.50. The Morgan fingerprint density at radius 3 is 2.60 bits per heavy atom. The first kappa shape index (κ1) is 20.3. The molecule has 0 aliphatic carbocycles. The topological polar surface area (TPSA) is 67.9 Å². The first-order valence-electron chi connectivity index (χ1n) is 10.5. The number of hydrogen-bond donors (Lipinski definition) is 1. The molecule has 2 heterocycles. The van der Waals surface area contributed by atoms with Crippen molar-refractivity contribution in [3.63, 3.8) is 0 Å². The predicted octanol–water partition coefficient (Wildman–Crippen LogP) is 3.46. The zero-order chi connectivity index (χ0) is 21.3. The second-order valence-corrected chi connectivity index (χ2v) is 7.81. The molecule has 2 amide bonds. The Kier molecular flexibility index (Phi) is 5.66. The summed E-state index contributed by atoms with van der Waals surface area (Å²) in [4.78, 5) is 28.7. The van der Waals surface area contributed by atoms with Crippen LogP contribution in [0.4, 0.5) is 0 Å². The summed E-state index contributed by atoms with van der Waals surface area (Å²) in [5, 5.41) is 3.09. The maximum absolute atomic E-state index is 13.5. The van der Waals surface area contributed by atoms with Crippen molar-refractivity contribution in [1.82, 2.24) is 10.2 Å². The number of hydrogen-bond acceptors (Lipinski definition) is 4. The Hall–Kier alpha value is -3.02. The van der Waals surface area contributed by atoms with Crippen LogP contribution in [-0.2, 0) is 11.2 Å². The summed E-state index contributed by atoms with van der Waals surface area (Å²) in [6.07, 6.45) is 2.70. The van der Waals surface area contributed by atoms with Gasteiger partial charge in [0.15, 0.2) is 11.5 Å². The summed E-state index contributed by atoms with van der Waals surface area (Å²) >= 11 is 0. The summed E-state index contributed by atoms with van der Waals surface area (Å²) in [5.41, 5.74) is 3.46. The number of carbonyl (C=O) groups is 2. The lowest BCUT2D eigenvalue weighted by Gasteiger charge is -2.45. The number of nitrogens with zero attached hydrogens (tertiary/aromatic N) is 1. The van der Waals surface area contributed by atoms with Gasteiger partial charge in [0.05, 0.1) is 26.2 Å². The van der Waals surface area contributed by atoms with Crippen molar-refractivity contribution in [2.24, 2.45) is 0 Å². The molecule has 1 N–H and O–H groups in total. The van der Waals surface area contributed by atoms with Crippen LogP contribution >= 0.6 is 0 Å². The van der Waals surface area contributed by atoms with Gasteiger partial charge in [0.25, 0.3) is 5.91 Å². The van der Waals surface area contributed by atoms with Gasteiger partial charge in [-0.1, -0.05) is 37.6 Å². The van der Waals surface area contributed by atoms with E-state index in [-0.39, 0.29) is 17.9 Å². The van der Waals surface area contributed by atoms with Crippen molar-refractivity contribution in [2.45, 2.75) is 38.1 Å². The second-order valence-electron chi connectivity index (χ2n) is 7.81. The Labute approximate surface area is 177 Å². The Bertz CT molecular complexity index is 972. The van der Waals surface area contributed by atoms with Gasteiger partial charge in [-0.2, -0.15) is 0 Å². The van der Waals surface area contributed by atoms with Crippen molar-refractivity contribution in [1.29, 1.82) is 0 Å². The molecule has 0 saturated heterocycles. The summed E-state index contributed by atoms with van der Waals surface area (Å²) in [5.74, 6) is 0.383. The normalized spacial score (nSPS) is 19.4. The zero-order valence-electron chi connectivity index (χ0n) is 17.7. The van der Waals surface area contributed by atoms with E-state index in [1.54, 1.807) is 26.4 Å². The van der Waals surface area contributed by atoms with Crippen LogP contribution in [0.1, 0.15) is 58.8 Å². The third-order valence-corrected chi connectivity index (χ3v) is 6.14. The zero-order valence-corrected chi connectivity index (χ0v) is 17.7. The molecule has 2 aromatic carbocycles. The SMILES string of the molecule is CCCCNC(=O)[C@@H]1c2cc(OC)c(OC)cc2C(=O)N2CCc3ccccc3[C@@H]12. The van der Waals surface area contributed by atoms with Crippen molar-refractivity contribution < 1.29 is 19.1 Å². The van der Waals surface area contributed by atoms with Crippen LogP contribution in [-0.4, -0.2) is 44.0 Å². The number of ether oxygens (including phenoxy) is 2. The van der Waals surface area contributed by atoms with Crippen molar-refractivity contribution in [3.05, 3.63) is 58.7 Å². The van der Waals surface area contributed by atoms with E-state index in [9.17, 15) is 9.59 Å². The molecule has 2 aliphatic rings. The smallest absolute Gasteiger partial charge is 0.254 e. The molecule has 0 radical (unpaired) electrons. The average Bonchev–Trinajstić information content (AvgIpc) is 2.78. The van der Waals surface area contributed by atoms with Crippen LogP contribution in [0.25, 0.3) is 0 Å². The molecular weight excluding hydrogens is 380 g/mol. The fourth-order valence-electron chi connectivity index (χ4n) is 4.63. The molecule has 6 heteroatoms. The van der Waals surface area contributed by atoms with Crippen LogP contribution in [0.2, 0.25) is 0 Å². The van der Waals surface area contributed by atoms with E-state index < -0.39 is 5.92 Å². The maximum Gasteiger partial charge on any atom is 0.254 e. The molecule has 0 bridgehead atoms. The lowest BCUT2D eigenvalue weighted by atomic mass is 9.75. The quantitative estimate of drug-likeness (QED) is 0.744. The molecular formula is C24H28N2O4. The molecule has 0 aromatic heterocycles. The number of rotatable bonds is 6. The van der Waals surface area contributed by atoms with E-state index in [4.69, 9.17) is 9.47 Å². The highest BCUT2D eigenvalue weighted by molar-refractivity contribution is 6.02. The highest BCUT2D eigenvalue weighted by Gasteiger charge is 2.46. The van der Waals surface area contributed by atoms with E-state index in [2.05, 4.69) is 18.3 Å². The molecule has 4 rings (SSSR count). The van der Waals surface area contributed by atoms with Crippen LogP contribution in [0.5, 0.6) is 11.5 Å². The molecule has 0 fully saturated rings. The van der Waals surface area contributed by atoms with E-state index in [0.717, 1.165) is 24.8 Å². The number of carbonyl (C=O) groups excluding carboxylic acids is 2. The Balaban J connectivity index is 1.87. The molecule has 0 spiro atoms. The van der Waals surface area contributed by atoms with Crippen LogP contribution in [0.15, 0.2) is 36.4 Å². The molecule has 6 nitrogen and oxygen atoms in total. The summed E-state index contributed by atoms with van der Waals surface area (Å²) in [6, 6.07) is 11.3. The van der Waals surface area contributed by atoms with Gasteiger partial charge in [-0.25, -0.2) is 0 Å². The first-order chi connectivity index (χ1) is 14.6. The summed E-state index contributed by atoms with van der Waals surface area (Å²) in [7, 11) is 3.11. The highest BCUT2D eigenvalue weighted by Crippen LogP contribution is 2.48. The number of nitrogens with one attached hydrogen (secondary N) is 1. The average molecular weight is 408 g/mol. The number of amides is 2. The van der Waals surface area contributed by atoms with E-state index >= 15 is 0 Å².